The van der Waals surface area contributed by atoms with Crippen LogP contribution in [0.25, 0.3) is 0 Å². The maximum atomic E-state index is 11.3. The average Bonchev–Trinajstić information content (AvgIpc) is 2.55. The fourth-order valence-corrected chi connectivity index (χ4v) is 6.50. The second-order valence-electron chi connectivity index (χ2n) is 5.47. The maximum absolute atomic E-state index is 11.3. The summed E-state index contributed by atoms with van der Waals surface area (Å²) in [5.74, 6) is 0. The second-order valence-corrected chi connectivity index (χ2v) is 9.17. The van der Waals surface area contributed by atoms with Crippen LogP contribution in [0.4, 0.5) is 5.69 Å². The summed E-state index contributed by atoms with van der Waals surface area (Å²) < 4.78 is 0. The molecule has 118 valence electrons. The molecule has 0 saturated carbocycles. The van der Waals surface area contributed by atoms with Crippen LogP contribution >= 0.6 is 7.26 Å². The third kappa shape index (κ3) is 3.40. The fraction of sp³-hybridized carbons (Fsp3) is 0.158. The Balaban J connectivity index is 2.71. The number of nitro groups is 1. The number of benzene rings is 2. The van der Waals surface area contributed by atoms with Crippen molar-refractivity contribution in [3.8, 4) is 0 Å². The molecule has 4 heteroatoms. The van der Waals surface area contributed by atoms with E-state index in [1.807, 2.05) is 42.5 Å². The molecule has 2 rings (SSSR count). The normalized spacial score (nSPS) is 11.0. The van der Waals surface area contributed by atoms with Gasteiger partial charge >= 0.3 is 0 Å². The minimum absolute atomic E-state index is 0.177. The lowest BCUT2D eigenvalue weighted by atomic mass is 10.2. The van der Waals surface area contributed by atoms with Crippen molar-refractivity contribution in [2.24, 2.45) is 0 Å². The Kier molecular flexibility index (Phi) is 5.46. The van der Waals surface area contributed by atoms with Crippen molar-refractivity contribution in [3.05, 3.63) is 89.5 Å². The van der Waals surface area contributed by atoms with Crippen LogP contribution in [0.5, 0.6) is 0 Å². The predicted molar refractivity (Wildman–Crippen MR) is 101 cm³/mol. The van der Waals surface area contributed by atoms with Gasteiger partial charge in [-0.1, -0.05) is 43.5 Å². The number of rotatable bonds is 7. The third-order valence-corrected chi connectivity index (χ3v) is 8.33. The summed E-state index contributed by atoms with van der Waals surface area (Å²) in [4.78, 5) is 11.0. The summed E-state index contributed by atoms with van der Waals surface area (Å²) in [5.41, 5.74) is 0.859. The van der Waals surface area contributed by atoms with Crippen LogP contribution in [0.2, 0.25) is 0 Å². The van der Waals surface area contributed by atoms with E-state index in [-0.39, 0.29) is 10.6 Å². The molecule has 0 saturated heterocycles. The Morgan fingerprint density at radius 3 is 2.17 bits per heavy atom. The Hall–Kier alpha value is -2.25. The molecule has 0 aliphatic carbocycles. The highest BCUT2D eigenvalue weighted by molar-refractivity contribution is 7.89. The Labute approximate surface area is 137 Å². The van der Waals surface area contributed by atoms with E-state index < -0.39 is 7.26 Å². The molecule has 3 nitrogen and oxygen atoms in total. The highest BCUT2D eigenvalue weighted by Crippen LogP contribution is 2.56. The molecule has 0 bridgehead atoms. The van der Waals surface area contributed by atoms with Crippen LogP contribution in [-0.2, 0) is 0 Å². The molecule has 23 heavy (non-hydrogen) atoms. The molecule has 0 unspecified atom stereocenters. The molecule has 0 radical (unpaired) electrons. The first-order valence-electron chi connectivity index (χ1n) is 7.45. The minimum atomic E-state index is -1.83. The van der Waals surface area contributed by atoms with Crippen molar-refractivity contribution < 1.29 is 4.92 Å². The lowest BCUT2D eigenvalue weighted by Crippen LogP contribution is -2.26. The zero-order valence-electron chi connectivity index (χ0n) is 13.3. The van der Waals surface area contributed by atoms with E-state index in [1.54, 1.807) is 13.0 Å². The van der Waals surface area contributed by atoms with Crippen LogP contribution < -0.4 is 10.6 Å². The van der Waals surface area contributed by atoms with Crippen LogP contribution in [-0.4, -0.2) is 17.2 Å². The van der Waals surface area contributed by atoms with Crippen LogP contribution in [0.3, 0.4) is 0 Å². The third-order valence-electron chi connectivity index (χ3n) is 4.02. The molecule has 0 amide bonds. The number of allylic oxidation sites excluding steroid dienone is 2. The average molecular weight is 326 g/mol. The van der Waals surface area contributed by atoms with Crippen LogP contribution in [0, 0.1) is 17.0 Å². The highest BCUT2D eigenvalue weighted by Gasteiger charge is 2.41. The van der Waals surface area contributed by atoms with Gasteiger partial charge in [-0.25, -0.2) is 0 Å². The van der Waals surface area contributed by atoms with Crippen molar-refractivity contribution in [1.29, 1.82) is 0 Å². The molecule has 0 fully saturated rings. The Morgan fingerprint density at radius 2 is 1.65 bits per heavy atom. The Bertz CT molecular complexity index is 715. The van der Waals surface area contributed by atoms with Gasteiger partial charge in [-0.3, -0.25) is 10.1 Å². The van der Waals surface area contributed by atoms with Gasteiger partial charge in [0.2, 0.25) is 0 Å². The summed E-state index contributed by atoms with van der Waals surface area (Å²) in [6, 6.07) is 15.8. The molecule has 0 atom stereocenters. The standard InChI is InChI=1S/C19H21NO2P/c1-4-13-23(14-5-2,17-9-7-6-8-10-17)18-12-11-16(3)19(15-18)20(21)22/h4-12,15H,1-2,13-14H2,3H3/q+1. The molecule has 0 N–H and O–H groups in total. The lowest BCUT2D eigenvalue weighted by molar-refractivity contribution is -0.385. The quantitative estimate of drug-likeness (QED) is 0.330. The van der Waals surface area contributed by atoms with Gasteiger partial charge in [0.1, 0.15) is 5.30 Å². The van der Waals surface area contributed by atoms with Gasteiger partial charge in [-0.2, -0.15) is 0 Å². The number of hydrogen-bond acceptors (Lipinski definition) is 2. The van der Waals surface area contributed by atoms with Crippen molar-refractivity contribution in [2.75, 3.05) is 12.3 Å². The molecule has 0 aliphatic rings. The van der Waals surface area contributed by atoms with Crippen molar-refractivity contribution in [3.63, 3.8) is 0 Å². The monoisotopic (exact) mass is 326 g/mol. The fourth-order valence-electron chi connectivity index (χ4n) is 2.86. The van der Waals surface area contributed by atoms with E-state index in [0.717, 1.165) is 17.6 Å². The van der Waals surface area contributed by atoms with Gasteiger partial charge in [-0.05, 0) is 31.2 Å². The maximum Gasteiger partial charge on any atom is 0.276 e. The van der Waals surface area contributed by atoms with Gasteiger partial charge < -0.3 is 0 Å². The first-order valence-corrected chi connectivity index (χ1v) is 9.61. The molecule has 0 aliphatic heterocycles. The highest BCUT2D eigenvalue weighted by atomic mass is 31.2. The predicted octanol–water partition coefficient (Wildman–Crippen LogP) is 4.24. The Morgan fingerprint density at radius 1 is 1.04 bits per heavy atom. The smallest absolute Gasteiger partial charge is 0.258 e. The summed E-state index contributed by atoms with van der Waals surface area (Å²) in [5, 5.41) is 13.6. The summed E-state index contributed by atoms with van der Waals surface area (Å²) in [7, 11) is -1.83. The van der Waals surface area contributed by atoms with Gasteiger partial charge in [0.05, 0.1) is 35.9 Å². The first kappa shape index (κ1) is 17.1. The molecule has 2 aromatic carbocycles. The van der Waals surface area contributed by atoms with E-state index in [2.05, 4.69) is 25.3 Å². The zero-order valence-corrected chi connectivity index (χ0v) is 14.2. The van der Waals surface area contributed by atoms with E-state index in [9.17, 15) is 10.1 Å². The van der Waals surface area contributed by atoms with Gasteiger partial charge in [0, 0.05) is 5.56 Å². The molecular weight excluding hydrogens is 305 g/mol. The van der Waals surface area contributed by atoms with Gasteiger partial charge in [-0.15, -0.1) is 0 Å². The summed E-state index contributed by atoms with van der Waals surface area (Å²) >= 11 is 0. The largest absolute Gasteiger partial charge is 0.276 e. The van der Waals surface area contributed by atoms with Crippen molar-refractivity contribution in [2.45, 2.75) is 6.92 Å². The molecule has 0 spiro atoms. The second kappa shape index (κ2) is 7.34. The summed E-state index contributed by atoms with van der Waals surface area (Å²) in [6.45, 7) is 9.60. The zero-order chi connectivity index (χ0) is 16.9. The molecule has 2 aromatic rings. The molecule has 0 aromatic heterocycles. The van der Waals surface area contributed by atoms with Crippen molar-refractivity contribution >= 4 is 23.6 Å². The van der Waals surface area contributed by atoms with Gasteiger partial charge in [0.25, 0.3) is 5.69 Å². The topological polar surface area (TPSA) is 43.1 Å². The van der Waals surface area contributed by atoms with E-state index in [0.29, 0.717) is 5.56 Å². The number of nitrogens with zero attached hydrogens (tertiary/aromatic N) is 1. The van der Waals surface area contributed by atoms with Gasteiger partial charge in [0.15, 0.2) is 0 Å². The van der Waals surface area contributed by atoms with E-state index >= 15 is 0 Å². The van der Waals surface area contributed by atoms with Crippen molar-refractivity contribution in [1.82, 2.24) is 0 Å². The number of nitro benzene ring substituents is 1. The number of hydrogen-bond donors (Lipinski definition) is 0. The van der Waals surface area contributed by atoms with Crippen LogP contribution in [0.15, 0.2) is 73.8 Å². The lowest BCUT2D eigenvalue weighted by Gasteiger charge is -2.25. The molecular formula is C19H21NO2P+. The van der Waals surface area contributed by atoms with Crippen LogP contribution in [0.1, 0.15) is 5.56 Å². The number of aryl methyl sites for hydroxylation is 1. The summed E-state index contributed by atoms with van der Waals surface area (Å²) in [6.07, 6.45) is 5.42. The minimum Gasteiger partial charge on any atom is -0.258 e. The van der Waals surface area contributed by atoms with E-state index in [4.69, 9.17) is 0 Å². The van der Waals surface area contributed by atoms with E-state index in [1.165, 1.54) is 5.30 Å². The SMILES string of the molecule is C=CC[P+](CC=C)(c1ccccc1)c1ccc(C)c([N+](=O)[O-])c1. The molecule has 0 heterocycles. The first-order chi connectivity index (χ1) is 11.0.